The zero-order valence-electron chi connectivity index (χ0n) is 14.7. The Labute approximate surface area is 158 Å². The Morgan fingerprint density at radius 2 is 1.75 bits per heavy atom. The van der Waals surface area contributed by atoms with Gasteiger partial charge >= 0.3 is 12.1 Å². The molecule has 1 aliphatic heterocycles. The van der Waals surface area contributed by atoms with Crippen LogP contribution in [0.4, 0.5) is 18.9 Å². The summed E-state index contributed by atoms with van der Waals surface area (Å²) in [5, 5.41) is 2.39. The maximum absolute atomic E-state index is 12.6. The van der Waals surface area contributed by atoms with Gasteiger partial charge in [0.1, 0.15) is 6.61 Å². The maximum Gasteiger partial charge on any atom is 0.416 e. The largest absolute Gasteiger partial charge is 0.485 e. The Balaban J connectivity index is 1.55. The lowest BCUT2D eigenvalue weighted by molar-refractivity contribution is -0.162. The average Bonchev–Trinajstić information content (AvgIpc) is 2.67. The van der Waals surface area contributed by atoms with E-state index in [0.717, 1.165) is 24.3 Å². The highest BCUT2D eigenvalue weighted by Crippen LogP contribution is 2.31. The quantitative estimate of drug-likeness (QED) is 0.804. The van der Waals surface area contributed by atoms with E-state index in [2.05, 4.69) is 5.32 Å². The summed E-state index contributed by atoms with van der Waals surface area (Å²) in [7, 11) is 0. The molecule has 3 rings (SSSR count). The molecule has 0 unspecified atom stereocenters. The van der Waals surface area contributed by atoms with E-state index in [1.165, 1.54) is 6.92 Å². The number of alkyl halides is 3. The van der Waals surface area contributed by atoms with Crippen LogP contribution in [0.15, 0.2) is 48.5 Å². The number of carbonyl (C=O) groups excluding carboxylic acids is 2. The minimum Gasteiger partial charge on any atom is -0.485 e. The van der Waals surface area contributed by atoms with E-state index in [4.69, 9.17) is 14.2 Å². The van der Waals surface area contributed by atoms with E-state index in [0.29, 0.717) is 11.5 Å². The van der Waals surface area contributed by atoms with Gasteiger partial charge in [-0.3, -0.25) is 4.79 Å². The normalized spacial score (nSPS) is 16.8. The molecule has 28 heavy (non-hydrogen) atoms. The predicted octanol–water partition coefficient (Wildman–Crippen LogP) is 3.42. The Hall–Kier alpha value is -3.23. The SMILES string of the molecule is C[C@@H](OC(=O)[C@H]1COc2ccccc2O1)C(=O)Nc1ccc(C(F)(F)F)cc1. The summed E-state index contributed by atoms with van der Waals surface area (Å²) in [5.41, 5.74) is -0.688. The summed E-state index contributed by atoms with van der Waals surface area (Å²) in [5.74, 6) is -0.591. The van der Waals surface area contributed by atoms with Crippen LogP contribution in [0.2, 0.25) is 0 Å². The van der Waals surface area contributed by atoms with Crippen LogP contribution in [-0.4, -0.2) is 30.7 Å². The number of anilines is 1. The highest BCUT2D eigenvalue weighted by molar-refractivity contribution is 5.95. The second-order valence-electron chi connectivity index (χ2n) is 6.01. The fraction of sp³-hybridized carbons (Fsp3) is 0.263. The fourth-order valence-corrected chi connectivity index (χ4v) is 2.43. The second kappa shape index (κ2) is 7.79. The fourth-order valence-electron chi connectivity index (χ4n) is 2.43. The number of carbonyl (C=O) groups is 2. The number of halogens is 3. The van der Waals surface area contributed by atoms with Crippen LogP contribution in [0.25, 0.3) is 0 Å². The monoisotopic (exact) mass is 395 g/mol. The van der Waals surface area contributed by atoms with Crippen molar-refractivity contribution < 1.29 is 37.0 Å². The lowest BCUT2D eigenvalue weighted by Gasteiger charge is -2.25. The van der Waals surface area contributed by atoms with E-state index in [9.17, 15) is 22.8 Å². The molecule has 0 spiro atoms. The molecule has 148 valence electrons. The number of ether oxygens (including phenoxy) is 3. The highest BCUT2D eigenvalue weighted by atomic mass is 19.4. The Bertz CT molecular complexity index is 867. The lowest BCUT2D eigenvalue weighted by atomic mass is 10.2. The Kier molecular flexibility index (Phi) is 5.43. The maximum atomic E-state index is 12.6. The molecule has 2 atom stereocenters. The van der Waals surface area contributed by atoms with Gasteiger partial charge in [0.05, 0.1) is 5.56 Å². The van der Waals surface area contributed by atoms with Crippen molar-refractivity contribution in [1.82, 2.24) is 0 Å². The molecule has 1 heterocycles. The van der Waals surface area contributed by atoms with Crippen molar-refractivity contribution >= 4 is 17.6 Å². The third-order valence-electron chi connectivity index (χ3n) is 3.91. The minimum absolute atomic E-state index is 0.0664. The van der Waals surface area contributed by atoms with Crippen molar-refractivity contribution in [2.24, 2.45) is 0 Å². The van der Waals surface area contributed by atoms with Crippen LogP contribution in [0.1, 0.15) is 12.5 Å². The van der Waals surface area contributed by atoms with Crippen LogP contribution >= 0.6 is 0 Å². The van der Waals surface area contributed by atoms with Crippen LogP contribution in [-0.2, 0) is 20.5 Å². The lowest BCUT2D eigenvalue weighted by Crippen LogP contribution is -2.41. The molecule has 0 aliphatic carbocycles. The summed E-state index contributed by atoms with van der Waals surface area (Å²) in [4.78, 5) is 24.3. The van der Waals surface area contributed by atoms with Crippen LogP contribution < -0.4 is 14.8 Å². The van der Waals surface area contributed by atoms with Crippen molar-refractivity contribution in [2.45, 2.75) is 25.3 Å². The van der Waals surface area contributed by atoms with Gasteiger partial charge in [0.2, 0.25) is 6.10 Å². The van der Waals surface area contributed by atoms with Crippen molar-refractivity contribution in [2.75, 3.05) is 11.9 Å². The average molecular weight is 395 g/mol. The first-order valence-electron chi connectivity index (χ1n) is 8.31. The van der Waals surface area contributed by atoms with E-state index in [-0.39, 0.29) is 12.3 Å². The number of rotatable bonds is 4. The summed E-state index contributed by atoms with van der Waals surface area (Å²) < 4.78 is 53.7. The molecule has 2 aromatic rings. The third-order valence-corrected chi connectivity index (χ3v) is 3.91. The first-order chi connectivity index (χ1) is 13.2. The molecule has 0 saturated heterocycles. The molecule has 0 saturated carbocycles. The zero-order valence-corrected chi connectivity index (χ0v) is 14.7. The number of hydrogen-bond donors (Lipinski definition) is 1. The van der Waals surface area contributed by atoms with Gasteiger partial charge in [-0.1, -0.05) is 12.1 Å². The molecule has 9 heteroatoms. The van der Waals surface area contributed by atoms with E-state index < -0.39 is 35.8 Å². The van der Waals surface area contributed by atoms with Gasteiger partial charge < -0.3 is 19.5 Å². The van der Waals surface area contributed by atoms with Gasteiger partial charge in [-0.25, -0.2) is 4.79 Å². The second-order valence-corrected chi connectivity index (χ2v) is 6.01. The Morgan fingerprint density at radius 1 is 1.11 bits per heavy atom. The molecule has 1 N–H and O–H groups in total. The van der Waals surface area contributed by atoms with Crippen molar-refractivity contribution in [3.05, 3.63) is 54.1 Å². The Morgan fingerprint density at radius 3 is 2.39 bits per heavy atom. The van der Waals surface area contributed by atoms with Crippen LogP contribution in [0, 0.1) is 0 Å². The topological polar surface area (TPSA) is 73.9 Å². The molecular formula is C19H16F3NO5. The summed E-state index contributed by atoms with van der Waals surface area (Å²) >= 11 is 0. The molecule has 2 aromatic carbocycles. The number of amides is 1. The molecule has 1 aliphatic rings. The first-order valence-corrected chi connectivity index (χ1v) is 8.31. The van der Waals surface area contributed by atoms with Crippen molar-refractivity contribution in [3.8, 4) is 11.5 Å². The predicted molar refractivity (Wildman–Crippen MR) is 92.0 cm³/mol. The third kappa shape index (κ3) is 4.54. The van der Waals surface area contributed by atoms with E-state index in [1.807, 2.05) is 0 Å². The number of para-hydroxylation sites is 2. The number of fused-ring (bicyclic) bond motifs is 1. The highest BCUT2D eigenvalue weighted by Gasteiger charge is 2.32. The number of hydrogen-bond acceptors (Lipinski definition) is 5. The molecule has 0 radical (unpaired) electrons. The van der Waals surface area contributed by atoms with E-state index >= 15 is 0 Å². The molecule has 0 bridgehead atoms. The number of esters is 1. The standard InChI is InChI=1S/C19H16F3NO5/c1-11(17(24)23-13-8-6-12(7-9-13)19(20,21)22)27-18(25)16-10-26-14-4-2-3-5-15(14)28-16/h2-9,11,16H,10H2,1H3,(H,23,24)/t11-,16-/m1/s1. The van der Waals surface area contributed by atoms with Crippen LogP contribution in [0.5, 0.6) is 11.5 Å². The van der Waals surface area contributed by atoms with Gasteiger partial charge in [0.15, 0.2) is 17.6 Å². The van der Waals surface area contributed by atoms with Gasteiger partial charge in [0, 0.05) is 5.69 Å². The molecular weight excluding hydrogens is 379 g/mol. The number of nitrogens with one attached hydrogen (secondary N) is 1. The van der Waals surface area contributed by atoms with Crippen molar-refractivity contribution in [1.29, 1.82) is 0 Å². The van der Waals surface area contributed by atoms with E-state index in [1.54, 1.807) is 24.3 Å². The molecule has 6 nitrogen and oxygen atoms in total. The zero-order chi connectivity index (χ0) is 20.3. The summed E-state index contributed by atoms with van der Waals surface area (Å²) in [6.45, 7) is 1.28. The summed E-state index contributed by atoms with van der Waals surface area (Å²) in [6, 6.07) is 10.7. The van der Waals surface area contributed by atoms with Gasteiger partial charge in [-0.2, -0.15) is 13.2 Å². The minimum atomic E-state index is -4.47. The molecule has 0 fully saturated rings. The summed E-state index contributed by atoms with van der Waals surface area (Å²) in [6.07, 6.45) is -6.68. The smallest absolute Gasteiger partial charge is 0.416 e. The van der Waals surface area contributed by atoms with Gasteiger partial charge in [-0.15, -0.1) is 0 Å². The molecule has 0 aromatic heterocycles. The van der Waals surface area contributed by atoms with Gasteiger partial charge in [-0.05, 0) is 43.3 Å². The first kappa shape index (κ1) is 19.5. The number of benzene rings is 2. The van der Waals surface area contributed by atoms with Gasteiger partial charge in [0.25, 0.3) is 5.91 Å². The molecule has 1 amide bonds. The van der Waals surface area contributed by atoms with Crippen LogP contribution in [0.3, 0.4) is 0 Å². The van der Waals surface area contributed by atoms with Crippen molar-refractivity contribution in [3.63, 3.8) is 0 Å².